The molecule has 3 rings (SSSR count). The van der Waals surface area contributed by atoms with Crippen molar-refractivity contribution in [1.29, 1.82) is 0 Å². The predicted octanol–water partition coefficient (Wildman–Crippen LogP) is 3.16. The number of fused-ring (bicyclic) bond motifs is 1. The zero-order valence-corrected chi connectivity index (χ0v) is 12.1. The summed E-state index contributed by atoms with van der Waals surface area (Å²) in [5.41, 5.74) is -0.137. The molecule has 1 aliphatic heterocycles. The smallest absolute Gasteiger partial charge is 0.407 e. The highest BCUT2D eigenvalue weighted by Gasteiger charge is 2.50. The zero-order valence-electron chi connectivity index (χ0n) is 12.1. The first-order chi connectivity index (χ1) is 9.62. The second kappa shape index (κ2) is 5.38. The van der Waals surface area contributed by atoms with Gasteiger partial charge < -0.3 is 14.8 Å². The number of nitrogens with zero attached hydrogens (tertiary/aromatic N) is 1. The van der Waals surface area contributed by atoms with Crippen LogP contribution >= 0.6 is 0 Å². The minimum atomic E-state index is -0.802. The van der Waals surface area contributed by atoms with Gasteiger partial charge in [0.1, 0.15) is 6.29 Å². The van der Waals surface area contributed by atoms with Gasteiger partial charge in [-0.25, -0.2) is 4.79 Å². The molecule has 112 valence electrons. The lowest BCUT2D eigenvalue weighted by Gasteiger charge is -2.31. The second-order valence-electron chi connectivity index (χ2n) is 7.30. The average molecular weight is 279 g/mol. The van der Waals surface area contributed by atoms with Crippen molar-refractivity contribution in [2.75, 3.05) is 13.1 Å². The number of amides is 1. The third kappa shape index (κ3) is 2.57. The van der Waals surface area contributed by atoms with E-state index in [4.69, 9.17) is 5.11 Å². The molecule has 0 radical (unpaired) electrons. The highest BCUT2D eigenvalue weighted by Crippen LogP contribution is 2.52. The minimum Gasteiger partial charge on any atom is -0.465 e. The SMILES string of the molecule is O=CC1(CC2CCCCC2)CC2CN(C(=O)O)CC2C1. The number of carbonyl (C=O) groups is 2. The summed E-state index contributed by atoms with van der Waals surface area (Å²) in [6.45, 7) is 1.28. The molecule has 0 aromatic rings. The minimum absolute atomic E-state index is 0.137. The third-order valence-electron chi connectivity index (χ3n) is 5.85. The van der Waals surface area contributed by atoms with E-state index in [0.717, 1.165) is 25.2 Å². The largest absolute Gasteiger partial charge is 0.465 e. The summed E-state index contributed by atoms with van der Waals surface area (Å²) in [7, 11) is 0. The first-order valence-corrected chi connectivity index (χ1v) is 8.06. The van der Waals surface area contributed by atoms with E-state index in [1.54, 1.807) is 0 Å². The monoisotopic (exact) mass is 279 g/mol. The fourth-order valence-electron chi connectivity index (χ4n) is 4.96. The maximum absolute atomic E-state index is 11.7. The van der Waals surface area contributed by atoms with Gasteiger partial charge in [0.2, 0.25) is 0 Å². The van der Waals surface area contributed by atoms with Crippen molar-refractivity contribution >= 4 is 12.4 Å². The highest BCUT2D eigenvalue weighted by atomic mass is 16.4. The van der Waals surface area contributed by atoms with Crippen LogP contribution < -0.4 is 0 Å². The van der Waals surface area contributed by atoms with Gasteiger partial charge in [-0.1, -0.05) is 32.1 Å². The number of carboxylic acid groups (broad SMARTS) is 1. The van der Waals surface area contributed by atoms with Gasteiger partial charge in [0, 0.05) is 18.5 Å². The topological polar surface area (TPSA) is 57.6 Å². The molecular weight excluding hydrogens is 254 g/mol. The molecule has 4 nitrogen and oxygen atoms in total. The first-order valence-electron chi connectivity index (χ1n) is 8.06. The van der Waals surface area contributed by atoms with Crippen LogP contribution in [0.1, 0.15) is 51.4 Å². The van der Waals surface area contributed by atoms with Crippen LogP contribution in [0.25, 0.3) is 0 Å². The molecule has 0 bridgehead atoms. The van der Waals surface area contributed by atoms with Crippen molar-refractivity contribution in [2.45, 2.75) is 51.4 Å². The number of likely N-dealkylation sites (tertiary alicyclic amines) is 1. The molecule has 4 heteroatoms. The Morgan fingerprint density at radius 2 is 1.75 bits per heavy atom. The van der Waals surface area contributed by atoms with Gasteiger partial charge in [-0.2, -0.15) is 0 Å². The van der Waals surface area contributed by atoms with E-state index in [2.05, 4.69) is 0 Å². The molecule has 1 N–H and O–H groups in total. The standard InChI is InChI=1S/C16H25NO3/c18-11-16(6-12-4-2-1-3-5-12)7-13-9-17(15(19)20)10-14(13)8-16/h11-14H,1-10H2,(H,19,20). The molecule has 3 fully saturated rings. The Balaban J connectivity index is 1.62. The van der Waals surface area contributed by atoms with Crippen LogP contribution in [0.5, 0.6) is 0 Å². The van der Waals surface area contributed by atoms with E-state index in [9.17, 15) is 9.59 Å². The normalized spacial score (nSPS) is 37.9. The molecule has 2 atom stereocenters. The van der Waals surface area contributed by atoms with Crippen LogP contribution in [0, 0.1) is 23.2 Å². The summed E-state index contributed by atoms with van der Waals surface area (Å²) >= 11 is 0. The molecule has 20 heavy (non-hydrogen) atoms. The molecule has 2 aliphatic carbocycles. The highest BCUT2D eigenvalue weighted by molar-refractivity contribution is 5.66. The summed E-state index contributed by atoms with van der Waals surface area (Å²) in [5, 5.41) is 9.07. The molecular formula is C16H25NO3. The molecule has 0 aromatic carbocycles. The number of hydrogen-bond acceptors (Lipinski definition) is 2. The summed E-state index contributed by atoms with van der Waals surface area (Å²) in [6.07, 6.45) is 9.86. The molecule has 1 amide bonds. The van der Waals surface area contributed by atoms with Gasteiger partial charge in [0.15, 0.2) is 0 Å². The van der Waals surface area contributed by atoms with E-state index in [1.807, 2.05) is 0 Å². The van der Waals surface area contributed by atoms with Crippen LogP contribution in [-0.4, -0.2) is 35.5 Å². The van der Waals surface area contributed by atoms with E-state index in [-0.39, 0.29) is 5.41 Å². The molecule has 3 aliphatic rings. The van der Waals surface area contributed by atoms with Gasteiger partial charge in [-0.15, -0.1) is 0 Å². The Kier molecular flexibility index (Phi) is 3.74. The van der Waals surface area contributed by atoms with Gasteiger partial charge in [-0.05, 0) is 37.0 Å². The lowest BCUT2D eigenvalue weighted by molar-refractivity contribution is -0.117. The van der Waals surface area contributed by atoms with Crippen molar-refractivity contribution in [1.82, 2.24) is 4.90 Å². The molecule has 2 saturated carbocycles. The van der Waals surface area contributed by atoms with E-state index in [0.29, 0.717) is 24.9 Å². The first kappa shape index (κ1) is 13.9. The maximum atomic E-state index is 11.7. The summed E-state index contributed by atoms with van der Waals surface area (Å²) < 4.78 is 0. The lowest BCUT2D eigenvalue weighted by Crippen LogP contribution is -2.31. The number of aldehydes is 1. The average Bonchev–Trinajstić information content (AvgIpc) is 2.96. The van der Waals surface area contributed by atoms with Gasteiger partial charge >= 0.3 is 6.09 Å². The Labute approximate surface area is 120 Å². The van der Waals surface area contributed by atoms with Crippen molar-refractivity contribution in [2.24, 2.45) is 23.2 Å². The van der Waals surface area contributed by atoms with Gasteiger partial charge in [-0.3, -0.25) is 0 Å². The van der Waals surface area contributed by atoms with Crippen molar-refractivity contribution in [3.05, 3.63) is 0 Å². The van der Waals surface area contributed by atoms with E-state index < -0.39 is 6.09 Å². The van der Waals surface area contributed by atoms with Gasteiger partial charge in [0.05, 0.1) is 0 Å². The third-order valence-corrected chi connectivity index (χ3v) is 5.85. The quantitative estimate of drug-likeness (QED) is 0.807. The molecule has 1 heterocycles. The van der Waals surface area contributed by atoms with Gasteiger partial charge in [0.25, 0.3) is 0 Å². The molecule has 1 saturated heterocycles. The predicted molar refractivity (Wildman–Crippen MR) is 75.5 cm³/mol. The number of rotatable bonds is 3. The van der Waals surface area contributed by atoms with E-state index in [1.165, 1.54) is 43.3 Å². The molecule has 2 unspecified atom stereocenters. The van der Waals surface area contributed by atoms with Crippen LogP contribution in [0.15, 0.2) is 0 Å². The van der Waals surface area contributed by atoms with Crippen LogP contribution in [-0.2, 0) is 4.79 Å². The van der Waals surface area contributed by atoms with Crippen molar-refractivity contribution in [3.63, 3.8) is 0 Å². The second-order valence-corrected chi connectivity index (χ2v) is 7.30. The Morgan fingerprint density at radius 3 is 2.25 bits per heavy atom. The molecule has 0 spiro atoms. The Hall–Kier alpha value is -1.06. The van der Waals surface area contributed by atoms with E-state index >= 15 is 0 Å². The van der Waals surface area contributed by atoms with Crippen molar-refractivity contribution < 1.29 is 14.7 Å². The van der Waals surface area contributed by atoms with Crippen LogP contribution in [0.3, 0.4) is 0 Å². The Morgan fingerprint density at radius 1 is 1.15 bits per heavy atom. The Bertz CT molecular complexity index is 375. The molecule has 0 aromatic heterocycles. The zero-order chi connectivity index (χ0) is 14.2. The summed E-state index contributed by atoms with van der Waals surface area (Å²) in [6, 6.07) is 0. The summed E-state index contributed by atoms with van der Waals surface area (Å²) in [5.74, 6) is 1.56. The number of carbonyl (C=O) groups excluding carboxylic acids is 1. The lowest BCUT2D eigenvalue weighted by atomic mass is 9.73. The fourth-order valence-corrected chi connectivity index (χ4v) is 4.96. The van der Waals surface area contributed by atoms with Crippen LogP contribution in [0.4, 0.5) is 4.79 Å². The van der Waals surface area contributed by atoms with Crippen molar-refractivity contribution in [3.8, 4) is 0 Å². The number of hydrogen-bond donors (Lipinski definition) is 1. The summed E-state index contributed by atoms with van der Waals surface area (Å²) in [4.78, 5) is 24.3. The van der Waals surface area contributed by atoms with Crippen LogP contribution in [0.2, 0.25) is 0 Å². The fraction of sp³-hybridized carbons (Fsp3) is 0.875. The maximum Gasteiger partial charge on any atom is 0.407 e.